The molecule has 0 amide bonds. The molecule has 0 rings (SSSR count). The Morgan fingerprint density at radius 2 is 0.815 bits per heavy atom. The molecule has 0 aliphatic rings. The molecule has 4 nitrogen and oxygen atoms in total. The summed E-state index contributed by atoms with van der Waals surface area (Å²) in [4.78, 5) is 10.5. The fourth-order valence-electron chi connectivity index (χ4n) is 3.40. The summed E-state index contributed by atoms with van der Waals surface area (Å²) < 4.78 is 0. The van der Waals surface area contributed by atoms with Crippen LogP contribution >= 0.6 is 0 Å². The summed E-state index contributed by atoms with van der Waals surface area (Å²) >= 11 is 0. The first-order chi connectivity index (χ1) is 12.7. The van der Waals surface area contributed by atoms with Crippen molar-refractivity contribution in [2.75, 3.05) is 6.61 Å². The van der Waals surface area contributed by atoms with Crippen LogP contribution in [0.25, 0.3) is 0 Å². The molecule has 0 aliphatic carbocycles. The van der Waals surface area contributed by atoms with Gasteiger partial charge in [0.1, 0.15) is 0 Å². The summed E-state index contributed by atoms with van der Waals surface area (Å²) in [5.41, 5.74) is 0. The SMILES string of the molecule is O=C(O)C(O)CCCCCCCCCCCCCCCCCCCCO.[KH]. The first kappa shape index (κ1) is 30.2. The second-order valence-electron chi connectivity index (χ2n) is 7.73. The molecule has 0 aromatic heterocycles. The Morgan fingerprint density at radius 1 is 0.556 bits per heavy atom. The van der Waals surface area contributed by atoms with Gasteiger partial charge in [0.2, 0.25) is 0 Å². The molecular weight excluding hydrogens is 367 g/mol. The second kappa shape index (κ2) is 25.1. The fraction of sp³-hybridized carbons (Fsp3) is 0.955. The van der Waals surface area contributed by atoms with Crippen molar-refractivity contribution in [2.45, 2.75) is 128 Å². The molecule has 0 saturated heterocycles. The zero-order chi connectivity index (χ0) is 19.3. The number of unbranched alkanes of at least 4 members (excludes halogenated alkanes) is 17. The van der Waals surface area contributed by atoms with Crippen LogP contribution in [0, 0.1) is 0 Å². The van der Waals surface area contributed by atoms with Crippen LogP contribution in [0.4, 0.5) is 0 Å². The molecule has 0 bridgehead atoms. The van der Waals surface area contributed by atoms with Gasteiger partial charge in [0.25, 0.3) is 0 Å². The van der Waals surface area contributed by atoms with E-state index < -0.39 is 12.1 Å². The number of carboxylic acids is 1. The third kappa shape index (κ3) is 25.0. The average Bonchev–Trinajstić information content (AvgIpc) is 2.63. The quantitative estimate of drug-likeness (QED) is 0.179. The van der Waals surface area contributed by atoms with E-state index in [-0.39, 0.29) is 51.4 Å². The molecule has 3 N–H and O–H groups in total. The zero-order valence-corrected chi connectivity index (χ0v) is 17.0. The molecule has 158 valence electrons. The third-order valence-electron chi connectivity index (χ3n) is 5.17. The average molecular weight is 413 g/mol. The van der Waals surface area contributed by atoms with Crippen molar-refractivity contribution in [1.82, 2.24) is 0 Å². The predicted molar refractivity (Wildman–Crippen MR) is 116 cm³/mol. The van der Waals surface area contributed by atoms with Crippen LogP contribution in [0.5, 0.6) is 0 Å². The monoisotopic (exact) mass is 412 g/mol. The Labute approximate surface area is 210 Å². The van der Waals surface area contributed by atoms with Gasteiger partial charge in [0.15, 0.2) is 6.10 Å². The van der Waals surface area contributed by atoms with E-state index in [1.165, 1.54) is 89.9 Å². The zero-order valence-electron chi connectivity index (χ0n) is 17.0. The molecule has 0 saturated carbocycles. The first-order valence-electron chi connectivity index (χ1n) is 11.2. The van der Waals surface area contributed by atoms with E-state index in [0.29, 0.717) is 13.0 Å². The Bertz CT molecular complexity index is 300. The van der Waals surface area contributed by atoms with Crippen molar-refractivity contribution < 1.29 is 20.1 Å². The number of aliphatic hydroxyl groups excluding tert-OH is 2. The van der Waals surface area contributed by atoms with Crippen LogP contribution in [-0.4, -0.2) is 85.4 Å². The van der Waals surface area contributed by atoms with Gasteiger partial charge in [-0.3, -0.25) is 0 Å². The molecule has 1 atom stereocenters. The van der Waals surface area contributed by atoms with Gasteiger partial charge in [0, 0.05) is 6.61 Å². The summed E-state index contributed by atoms with van der Waals surface area (Å²) in [5.74, 6) is -1.10. The van der Waals surface area contributed by atoms with Crippen LogP contribution in [0.15, 0.2) is 0 Å². The fourth-order valence-corrected chi connectivity index (χ4v) is 3.40. The molecule has 27 heavy (non-hydrogen) atoms. The van der Waals surface area contributed by atoms with Gasteiger partial charge in [-0.25, -0.2) is 4.79 Å². The Balaban J connectivity index is 0. The molecule has 0 aromatic rings. The summed E-state index contributed by atoms with van der Waals surface area (Å²) in [6, 6.07) is 0. The summed E-state index contributed by atoms with van der Waals surface area (Å²) in [5, 5.41) is 26.4. The number of rotatable bonds is 21. The van der Waals surface area contributed by atoms with Gasteiger partial charge in [-0.05, 0) is 12.8 Å². The van der Waals surface area contributed by atoms with Gasteiger partial charge >= 0.3 is 57.4 Å². The molecule has 1 unspecified atom stereocenters. The van der Waals surface area contributed by atoms with Crippen molar-refractivity contribution in [3.05, 3.63) is 0 Å². The number of hydrogen-bond acceptors (Lipinski definition) is 3. The minimum absolute atomic E-state index is 0. The van der Waals surface area contributed by atoms with Crippen molar-refractivity contribution in [1.29, 1.82) is 0 Å². The summed E-state index contributed by atoms with van der Waals surface area (Å²) in [6.45, 7) is 0.347. The van der Waals surface area contributed by atoms with Gasteiger partial charge in [0.05, 0.1) is 0 Å². The van der Waals surface area contributed by atoms with E-state index in [4.69, 9.17) is 15.3 Å². The van der Waals surface area contributed by atoms with Gasteiger partial charge in [-0.15, -0.1) is 0 Å². The Kier molecular flexibility index (Phi) is 28.1. The van der Waals surface area contributed by atoms with Crippen molar-refractivity contribution >= 4 is 57.4 Å². The van der Waals surface area contributed by atoms with Gasteiger partial charge in [-0.2, -0.15) is 0 Å². The molecule has 0 spiro atoms. The molecule has 0 radical (unpaired) electrons. The topological polar surface area (TPSA) is 77.8 Å². The number of carbonyl (C=O) groups is 1. The molecule has 0 aliphatic heterocycles. The normalized spacial score (nSPS) is 11.9. The maximum absolute atomic E-state index is 10.5. The molecular formula is C22H45KO4. The molecule has 0 fully saturated rings. The Morgan fingerprint density at radius 3 is 1.07 bits per heavy atom. The number of carboxylic acid groups (broad SMARTS) is 1. The van der Waals surface area contributed by atoms with E-state index in [2.05, 4.69) is 0 Å². The second-order valence-corrected chi connectivity index (χ2v) is 7.73. The summed E-state index contributed by atoms with van der Waals surface area (Å²) in [7, 11) is 0. The maximum atomic E-state index is 10.5. The van der Waals surface area contributed by atoms with Crippen LogP contribution < -0.4 is 0 Å². The van der Waals surface area contributed by atoms with Crippen LogP contribution in [0.2, 0.25) is 0 Å². The van der Waals surface area contributed by atoms with E-state index in [1.54, 1.807) is 0 Å². The van der Waals surface area contributed by atoms with E-state index in [9.17, 15) is 4.79 Å². The van der Waals surface area contributed by atoms with Crippen LogP contribution in [-0.2, 0) is 4.79 Å². The first-order valence-corrected chi connectivity index (χ1v) is 11.2. The minimum atomic E-state index is -1.17. The number of aliphatic carboxylic acids is 1. The van der Waals surface area contributed by atoms with E-state index in [0.717, 1.165) is 25.7 Å². The van der Waals surface area contributed by atoms with Crippen LogP contribution in [0.3, 0.4) is 0 Å². The number of aliphatic hydroxyl groups is 2. The van der Waals surface area contributed by atoms with Crippen molar-refractivity contribution in [3.63, 3.8) is 0 Å². The van der Waals surface area contributed by atoms with Crippen molar-refractivity contribution in [3.8, 4) is 0 Å². The molecule has 0 aromatic carbocycles. The van der Waals surface area contributed by atoms with Gasteiger partial charge in [-0.1, -0.05) is 109 Å². The van der Waals surface area contributed by atoms with Gasteiger partial charge < -0.3 is 15.3 Å². The van der Waals surface area contributed by atoms with Crippen LogP contribution in [0.1, 0.15) is 122 Å². The Hall–Kier alpha value is 1.03. The summed E-state index contributed by atoms with van der Waals surface area (Å²) in [6.07, 6.45) is 21.8. The number of hydrogen-bond donors (Lipinski definition) is 3. The molecule has 5 heteroatoms. The molecule has 0 heterocycles. The van der Waals surface area contributed by atoms with E-state index >= 15 is 0 Å². The predicted octanol–water partition coefficient (Wildman–Crippen LogP) is 5.19. The third-order valence-corrected chi connectivity index (χ3v) is 5.17. The van der Waals surface area contributed by atoms with Crippen molar-refractivity contribution in [2.24, 2.45) is 0 Å². The van der Waals surface area contributed by atoms with E-state index in [1.807, 2.05) is 0 Å². The standard InChI is InChI=1S/C22H44O4.K.H/c23-20-18-16-14-12-10-8-6-4-2-1-3-5-7-9-11-13-15-17-19-21(24)22(25)26;;/h21,23-24H,1-20H2,(H,25,26);;.